The van der Waals surface area contributed by atoms with Crippen LogP contribution in [-0.2, 0) is 0 Å². The van der Waals surface area contributed by atoms with E-state index in [1.54, 1.807) is 0 Å². The molecule has 0 aliphatic carbocycles. The van der Waals surface area contributed by atoms with Crippen molar-refractivity contribution < 1.29 is 5.11 Å². The highest BCUT2D eigenvalue weighted by molar-refractivity contribution is 6.31. The average Bonchev–Trinajstić information content (AvgIpc) is 2.44. The minimum Gasteiger partial charge on any atom is -0.388 e. The lowest BCUT2D eigenvalue weighted by atomic mass is 10.0. The fraction of sp³-hybridized carbons (Fsp3) is 0.667. The summed E-state index contributed by atoms with van der Waals surface area (Å²) in [5, 5.41) is 10.9. The van der Waals surface area contributed by atoms with E-state index >= 15 is 0 Å². The molecule has 0 heterocycles. The van der Waals surface area contributed by atoms with Crippen molar-refractivity contribution in [2.75, 3.05) is 0 Å². The van der Waals surface area contributed by atoms with Gasteiger partial charge < -0.3 is 5.11 Å². The molecular formula is C18H29ClO. The van der Waals surface area contributed by atoms with Crippen LogP contribution in [0.2, 0.25) is 5.02 Å². The molecule has 1 N–H and O–H groups in total. The highest BCUT2D eigenvalue weighted by Gasteiger charge is 2.08. The molecule has 0 aliphatic rings. The second-order valence-electron chi connectivity index (χ2n) is 5.79. The van der Waals surface area contributed by atoms with Crippen molar-refractivity contribution in [3.63, 3.8) is 0 Å². The van der Waals surface area contributed by atoms with Gasteiger partial charge in [-0.1, -0.05) is 82.0 Å². The molecule has 1 nitrogen and oxygen atoms in total. The highest BCUT2D eigenvalue weighted by Crippen LogP contribution is 2.24. The third-order valence-corrected chi connectivity index (χ3v) is 4.32. The molecular weight excluding hydrogens is 268 g/mol. The van der Waals surface area contributed by atoms with Crippen LogP contribution in [-0.4, -0.2) is 5.11 Å². The Labute approximate surface area is 129 Å². The van der Waals surface area contributed by atoms with Crippen molar-refractivity contribution in [2.45, 2.75) is 77.7 Å². The number of benzene rings is 1. The minimum atomic E-state index is -0.342. The third kappa shape index (κ3) is 6.76. The Balaban J connectivity index is 2.13. The van der Waals surface area contributed by atoms with Gasteiger partial charge in [-0.25, -0.2) is 0 Å². The second kappa shape index (κ2) is 10.2. The zero-order chi connectivity index (χ0) is 14.8. The van der Waals surface area contributed by atoms with Crippen molar-refractivity contribution in [3.8, 4) is 0 Å². The van der Waals surface area contributed by atoms with E-state index in [9.17, 15) is 5.11 Å². The number of hydrogen-bond donors (Lipinski definition) is 1. The van der Waals surface area contributed by atoms with E-state index < -0.39 is 0 Å². The molecule has 1 atom stereocenters. The van der Waals surface area contributed by atoms with E-state index in [0.29, 0.717) is 0 Å². The number of unbranched alkanes of at least 4 members (excludes halogenated alkanes) is 7. The first kappa shape index (κ1) is 17.5. The van der Waals surface area contributed by atoms with Crippen LogP contribution in [0.15, 0.2) is 18.2 Å². The van der Waals surface area contributed by atoms with Gasteiger partial charge >= 0.3 is 0 Å². The van der Waals surface area contributed by atoms with Gasteiger partial charge in [-0.05, 0) is 30.5 Å². The monoisotopic (exact) mass is 296 g/mol. The maximum atomic E-state index is 10.2. The Kier molecular flexibility index (Phi) is 8.97. The van der Waals surface area contributed by atoms with Crippen LogP contribution < -0.4 is 0 Å². The largest absolute Gasteiger partial charge is 0.388 e. The van der Waals surface area contributed by atoms with E-state index in [1.807, 2.05) is 25.1 Å². The number of halogens is 1. The molecule has 0 saturated carbocycles. The SMILES string of the molecule is CCCCCCCCCCC(O)c1ccc(Cl)c(C)c1. The second-order valence-corrected chi connectivity index (χ2v) is 6.20. The normalized spacial score (nSPS) is 12.6. The molecule has 0 saturated heterocycles. The summed E-state index contributed by atoms with van der Waals surface area (Å²) in [5.74, 6) is 0. The zero-order valence-corrected chi connectivity index (χ0v) is 13.8. The fourth-order valence-electron chi connectivity index (χ4n) is 2.51. The number of rotatable bonds is 10. The van der Waals surface area contributed by atoms with Crippen LogP contribution in [0.3, 0.4) is 0 Å². The molecule has 0 radical (unpaired) electrons. The molecule has 0 bridgehead atoms. The Bertz CT molecular complexity index is 376. The molecule has 114 valence electrons. The molecule has 0 amide bonds. The van der Waals surface area contributed by atoms with Crippen molar-refractivity contribution in [1.29, 1.82) is 0 Å². The summed E-state index contributed by atoms with van der Waals surface area (Å²) in [5.41, 5.74) is 2.04. The summed E-state index contributed by atoms with van der Waals surface area (Å²) < 4.78 is 0. The van der Waals surface area contributed by atoms with Gasteiger partial charge in [-0.3, -0.25) is 0 Å². The molecule has 0 aromatic heterocycles. The predicted octanol–water partition coefficient (Wildman–Crippen LogP) is 6.21. The Morgan fingerprint density at radius 1 is 1.00 bits per heavy atom. The molecule has 0 spiro atoms. The van der Waals surface area contributed by atoms with Gasteiger partial charge in [0.25, 0.3) is 0 Å². The van der Waals surface area contributed by atoms with E-state index in [4.69, 9.17) is 11.6 Å². The van der Waals surface area contributed by atoms with Crippen molar-refractivity contribution in [2.24, 2.45) is 0 Å². The predicted molar refractivity (Wildman–Crippen MR) is 88.4 cm³/mol. The van der Waals surface area contributed by atoms with Crippen LogP contribution in [0.5, 0.6) is 0 Å². The summed E-state index contributed by atoms with van der Waals surface area (Å²) in [4.78, 5) is 0. The maximum absolute atomic E-state index is 10.2. The van der Waals surface area contributed by atoms with Gasteiger partial charge in [0.1, 0.15) is 0 Å². The third-order valence-electron chi connectivity index (χ3n) is 3.90. The Morgan fingerprint density at radius 2 is 1.60 bits per heavy atom. The Hall–Kier alpha value is -0.530. The maximum Gasteiger partial charge on any atom is 0.0790 e. The molecule has 0 fully saturated rings. The lowest BCUT2D eigenvalue weighted by Crippen LogP contribution is -1.98. The lowest BCUT2D eigenvalue weighted by Gasteiger charge is -2.12. The molecule has 1 aromatic carbocycles. The molecule has 0 aliphatic heterocycles. The average molecular weight is 297 g/mol. The van der Waals surface area contributed by atoms with Crippen LogP contribution >= 0.6 is 11.6 Å². The highest BCUT2D eigenvalue weighted by atomic mass is 35.5. The summed E-state index contributed by atoms with van der Waals surface area (Å²) in [6.45, 7) is 4.23. The summed E-state index contributed by atoms with van der Waals surface area (Å²) in [6, 6.07) is 5.81. The molecule has 1 rings (SSSR count). The van der Waals surface area contributed by atoms with Crippen molar-refractivity contribution in [3.05, 3.63) is 34.3 Å². The first-order valence-electron chi connectivity index (χ1n) is 8.09. The van der Waals surface area contributed by atoms with Gasteiger partial charge in [0.15, 0.2) is 0 Å². The van der Waals surface area contributed by atoms with Gasteiger partial charge in [0.05, 0.1) is 6.10 Å². The molecule has 1 unspecified atom stereocenters. The van der Waals surface area contributed by atoms with Crippen LogP contribution in [0.4, 0.5) is 0 Å². The van der Waals surface area contributed by atoms with E-state index in [1.165, 1.54) is 44.9 Å². The van der Waals surface area contributed by atoms with Crippen LogP contribution in [0.25, 0.3) is 0 Å². The smallest absolute Gasteiger partial charge is 0.0790 e. The minimum absolute atomic E-state index is 0.342. The summed E-state index contributed by atoms with van der Waals surface area (Å²) in [7, 11) is 0. The topological polar surface area (TPSA) is 20.2 Å². The van der Waals surface area contributed by atoms with Crippen molar-refractivity contribution >= 4 is 11.6 Å². The summed E-state index contributed by atoms with van der Waals surface area (Å²) >= 11 is 6.00. The number of aliphatic hydroxyl groups excluding tert-OH is 1. The number of aryl methyl sites for hydroxylation is 1. The zero-order valence-electron chi connectivity index (χ0n) is 13.0. The summed E-state index contributed by atoms with van der Waals surface area (Å²) in [6.07, 6.45) is 10.9. The number of hydrogen-bond acceptors (Lipinski definition) is 1. The standard InChI is InChI=1S/C18H29ClO/c1-3-4-5-6-7-8-9-10-11-18(20)16-12-13-17(19)15(2)14-16/h12-14,18,20H,3-11H2,1-2H3. The lowest BCUT2D eigenvalue weighted by molar-refractivity contribution is 0.163. The van der Waals surface area contributed by atoms with Gasteiger partial charge in [-0.2, -0.15) is 0 Å². The quantitative estimate of drug-likeness (QED) is 0.509. The van der Waals surface area contributed by atoms with Crippen LogP contribution in [0.1, 0.15) is 81.9 Å². The first-order chi connectivity index (χ1) is 9.65. The van der Waals surface area contributed by atoms with Gasteiger partial charge in [0.2, 0.25) is 0 Å². The van der Waals surface area contributed by atoms with Gasteiger partial charge in [0, 0.05) is 5.02 Å². The number of aliphatic hydroxyl groups is 1. The van der Waals surface area contributed by atoms with E-state index in [2.05, 4.69) is 6.92 Å². The van der Waals surface area contributed by atoms with Crippen LogP contribution in [0, 0.1) is 6.92 Å². The van der Waals surface area contributed by atoms with E-state index in [-0.39, 0.29) is 6.10 Å². The fourth-order valence-corrected chi connectivity index (χ4v) is 2.63. The Morgan fingerprint density at radius 3 is 2.20 bits per heavy atom. The first-order valence-corrected chi connectivity index (χ1v) is 8.47. The van der Waals surface area contributed by atoms with Gasteiger partial charge in [-0.15, -0.1) is 0 Å². The van der Waals surface area contributed by atoms with Crippen molar-refractivity contribution in [1.82, 2.24) is 0 Å². The van der Waals surface area contributed by atoms with E-state index in [0.717, 1.165) is 29.0 Å². The molecule has 1 aromatic rings. The molecule has 2 heteroatoms. The molecule has 20 heavy (non-hydrogen) atoms.